The molecule has 2 rings (SSSR count). The standard InChI is InChI=1S/C17H29N3O2/c21-16(18-12-11-14-7-3-1-4-8-14)13-19-17(22)20-15-9-5-2-6-10-15/h7,15H,1-6,8-13H2,(H,18,21)(H2,19,20,22). The number of rotatable bonds is 6. The third kappa shape index (κ3) is 6.50. The first-order chi connectivity index (χ1) is 10.7. The number of hydrogen-bond donors (Lipinski definition) is 3. The molecule has 0 aromatic rings. The second-order valence-electron chi connectivity index (χ2n) is 6.37. The van der Waals surface area contributed by atoms with Crippen LogP contribution in [0.4, 0.5) is 4.79 Å². The van der Waals surface area contributed by atoms with Gasteiger partial charge in [0, 0.05) is 12.6 Å². The molecule has 0 saturated heterocycles. The molecule has 0 radical (unpaired) electrons. The second-order valence-corrected chi connectivity index (χ2v) is 6.37. The Balaban J connectivity index is 1.52. The Morgan fingerprint density at radius 3 is 2.59 bits per heavy atom. The summed E-state index contributed by atoms with van der Waals surface area (Å²) in [6.45, 7) is 0.716. The molecule has 2 aliphatic carbocycles. The van der Waals surface area contributed by atoms with Gasteiger partial charge in [0.2, 0.25) is 5.91 Å². The summed E-state index contributed by atoms with van der Waals surface area (Å²) >= 11 is 0. The van der Waals surface area contributed by atoms with Crippen LogP contribution in [0.1, 0.15) is 64.2 Å². The first kappa shape index (κ1) is 16.8. The van der Waals surface area contributed by atoms with E-state index in [9.17, 15) is 9.59 Å². The van der Waals surface area contributed by atoms with Gasteiger partial charge in [-0.1, -0.05) is 30.9 Å². The largest absolute Gasteiger partial charge is 0.354 e. The van der Waals surface area contributed by atoms with Gasteiger partial charge >= 0.3 is 6.03 Å². The molecule has 0 heterocycles. The molecule has 1 fully saturated rings. The van der Waals surface area contributed by atoms with Crippen LogP contribution in [-0.4, -0.2) is 31.1 Å². The lowest BCUT2D eigenvalue weighted by atomic mass is 9.96. The summed E-state index contributed by atoms with van der Waals surface area (Å²) in [6, 6.07) is 0.0482. The lowest BCUT2D eigenvalue weighted by Gasteiger charge is -2.22. The molecule has 5 nitrogen and oxygen atoms in total. The fourth-order valence-corrected chi connectivity index (χ4v) is 3.20. The Labute approximate surface area is 133 Å². The summed E-state index contributed by atoms with van der Waals surface area (Å²) in [6.07, 6.45) is 13.8. The number of amides is 3. The van der Waals surface area contributed by atoms with Gasteiger partial charge in [0.15, 0.2) is 0 Å². The van der Waals surface area contributed by atoms with Crippen molar-refractivity contribution in [1.82, 2.24) is 16.0 Å². The number of carbonyl (C=O) groups is 2. The van der Waals surface area contributed by atoms with Crippen molar-refractivity contribution in [3.63, 3.8) is 0 Å². The molecule has 2 aliphatic rings. The van der Waals surface area contributed by atoms with Gasteiger partial charge in [-0.3, -0.25) is 4.79 Å². The molecule has 124 valence electrons. The fourth-order valence-electron chi connectivity index (χ4n) is 3.20. The number of nitrogens with one attached hydrogen (secondary N) is 3. The highest BCUT2D eigenvalue weighted by atomic mass is 16.2. The number of urea groups is 1. The molecule has 3 N–H and O–H groups in total. The molecule has 0 atom stereocenters. The summed E-state index contributed by atoms with van der Waals surface area (Å²) in [7, 11) is 0. The van der Waals surface area contributed by atoms with Gasteiger partial charge in [-0.05, 0) is 44.9 Å². The lowest BCUT2D eigenvalue weighted by molar-refractivity contribution is -0.120. The quantitative estimate of drug-likeness (QED) is 0.660. The van der Waals surface area contributed by atoms with Crippen molar-refractivity contribution in [2.24, 2.45) is 0 Å². The summed E-state index contributed by atoms with van der Waals surface area (Å²) in [4.78, 5) is 23.4. The van der Waals surface area contributed by atoms with Crippen LogP contribution in [0.2, 0.25) is 0 Å². The predicted molar refractivity (Wildman–Crippen MR) is 87.6 cm³/mol. The van der Waals surface area contributed by atoms with E-state index in [4.69, 9.17) is 0 Å². The molecule has 0 aliphatic heterocycles. The third-order valence-electron chi connectivity index (χ3n) is 4.50. The normalized spacial score (nSPS) is 19.2. The molecule has 1 saturated carbocycles. The molecule has 3 amide bonds. The fraction of sp³-hybridized carbons (Fsp3) is 0.765. The highest BCUT2D eigenvalue weighted by molar-refractivity contribution is 5.83. The van der Waals surface area contributed by atoms with Gasteiger partial charge in [0.25, 0.3) is 0 Å². The summed E-state index contributed by atoms with van der Waals surface area (Å²) in [5.74, 6) is -0.116. The van der Waals surface area contributed by atoms with Gasteiger partial charge in [-0.15, -0.1) is 0 Å². The van der Waals surface area contributed by atoms with E-state index in [1.165, 1.54) is 44.1 Å². The molecule has 5 heteroatoms. The Morgan fingerprint density at radius 1 is 1.05 bits per heavy atom. The topological polar surface area (TPSA) is 70.2 Å². The van der Waals surface area contributed by atoms with Crippen molar-refractivity contribution < 1.29 is 9.59 Å². The van der Waals surface area contributed by atoms with E-state index in [0.717, 1.165) is 25.7 Å². The molecule has 0 aromatic heterocycles. The number of allylic oxidation sites excluding steroid dienone is 1. The second kappa shape index (κ2) is 9.49. The van der Waals surface area contributed by atoms with Gasteiger partial charge in [-0.25, -0.2) is 4.79 Å². The monoisotopic (exact) mass is 307 g/mol. The maximum absolute atomic E-state index is 11.7. The molecule has 22 heavy (non-hydrogen) atoms. The summed E-state index contributed by atoms with van der Waals surface area (Å²) in [5, 5.41) is 8.45. The average Bonchev–Trinajstić information content (AvgIpc) is 2.55. The van der Waals surface area contributed by atoms with Crippen LogP contribution in [-0.2, 0) is 4.79 Å². The van der Waals surface area contributed by atoms with Crippen molar-refractivity contribution in [3.05, 3.63) is 11.6 Å². The Bertz CT molecular complexity index is 401. The first-order valence-electron chi connectivity index (χ1n) is 8.73. The smallest absolute Gasteiger partial charge is 0.315 e. The summed E-state index contributed by atoms with van der Waals surface area (Å²) < 4.78 is 0. The van der Waals surface area contributed by atoms with Gasteiger partial charge in [-0.2, -0.15) is 0 Å². The minimum Gasteiger partial charge on any atom is -0.354 e. The third-order valence-corrected chi connectivity index (χ3v) is 4.50. The first-order valence-corrected chi connectivity index (χ1v) is 8.73. The lowest BCUT2D eigenvalue weighted by Crippen LogP contribution is -2.46. The van der Waals surface area contributed by atoms with E-state index >= 15 is 0 Å². The minimum atomic E-state index is -0.225. The minimum absolute atomic E-state index is 0.0532. The van der Waals surface area contributed by atoms with Crippen LogP contribution in [0.3, 0.4) is 0 Å². The van der Waals surface area contributed by atoms with Crippen molar-refractivity contribution in [1.29, 1.82) is 0 Å². The van der Waals surface area contributed by atoms with Gasteiger partial charge < -0.3 is 16.0 Å². The van der Waals surface area contributed by atoms with Crippen LogP contribution in [0.15, 0.2) is 11.6 Å². The zero-order valence-corrected chi connectivity index (χ0v) is 13.5. The molecule has 0 aromatic carbocycles. The molecule has 0 bridgehead atoms. The van der Waals surface area contributed by atoms with Crippen LogP contribution >= 0.6 is 0 Å². The molecule has 0 unspecified atom stereocenters. The molecular weight excluding hydrogens is 278 g/mol. The van der Waals surface area contributed by atoms with E-state index in [2.05, 4.69) is 22.0 Å². The van der Waals surface area contributed by atoms with E-state index in [1.54, 1.807) is 0 Å². The van der Waals surface area contributed by atoms with Gasteiger partial charge in [0.1, 0.15) is 0 Å². The van der Waals surface area contributed by atoms with E-state index in [0.29, 0.717) is 6.54 Å². The number of carbonyl (C=O) groups excluding carboxylic acids is 2. The highest BCUT2D eigenvalue weighted by Gasteiger charge is 2.15. The molecule has 0 spiro atoms. The Kier molecular flexibility index (Phi) is 7.26. The zero-order chi connectivity index (χ0) is 15.6. The van der Waals surface area contributed by atoms with Crippen molar-refractivity contribution >= 4 is 11.9 Å². The summed E-state index contributed by atoms with van der Waals surface area (Å²) in [5.41, 5.74) is 1.45. The molecular formula is C17H29N3O2. The van der Waals surface area contributed by atoms with Crippen molar-refractivity contribution in [3.8, 4) is 0 Å². The van der Waals surface area contributed by atoms with Gasteiger partial charge in [0.05, 0.1) is 6.54 Å². The zero-order valence-electron chi connectivity index (χ0n) is 13.5. The Hall–Kier alpha value is -1.52. The van der Waals surface area contributed by atoms with Crippen LogP contribution in [0.5, 0.6) is 0 Å². The van der Waals surface area contributed by atoms with Crippen molar-refractivity contribution in [2.75, 3.05) is 13.1 Å². The van der Waals surface area contributed by atoms with Crippen LogP contribution in [0, 0.1) is 0 Å². The highest BCUT2D eigenvalue weighted by Crippen LogP contribution is 2.19. The maximum Gasteiger partial charge on any atom is 0.315 e. The SMILES string of the molecule is O=C(CNC(=O)NC1CCCCC1)NCCC1=CCCCC1. The Morgan fingerprint density at radius 2 is 1.86 bits per heavy atom. The average molecular weight is 307 g/mol. The maximum atomic E-state index is 11.7. The van der Waals surface area contributed by atoms with E-state index in [-0.39, 0.29) is 24.5 Å². The van der Waals surface area contributed by atoms with E-state index < -0.39 is 0 Å². The van der Waals surface area contributed by atoms with Crippen molar-refractivity contribution in [2.45, 2.75) is 70.3 Å². The van der Waals surface area contributed by atoms with Crippen LogP contribution < -0.4 is 16.0 Å². The predicted octanol–water partition coefficient (Wildman–Crippen LogP) is 2.62. The van der Waals surface area contributed by atoms with Crippen LogP contribution in [0.25, 0.3) is 0 Å². The van der Waals surface area contributed by atoms with E-state index in [1.807, 2.05) is 0 Å². The number of hydrogen-bond acceptors (Lipinski definition) is 2.